The molecule has 4 nitrogen and oxygen atoms in total. The largest absolute Gasteiger partial charge is 0.388 e. The van der Waals surface area contributed by atoms with Crippen LogP contribution in [0.2, 0.25) is 0 Å². The van der Waals surface area contributed by atoms with Gasteiger partial charge in [-0.3, -0.25) is 5.10 Å². The SMILES string of the molecule is CCC1CCC(c2n[nH]c(CO)n2)C1. The van der Waals surface area contributed by atoms with Crippen molar-refractivity contribution >= 4 is 0 Å². The Kier molecular flexibility index (Phi) is 2.82. The van der Waals surface area contributed by atoms with Crippen LogP contribution < -0.4 is 0 Å². The number of hydrogen-bond donors (Lipinski definition) is 2. The third kappa shape index (κ3) is 1.80. The molecule has 2 rings (SSSR count). The van der Waals surface area contributed by atoms with Crippen molar-refractivity contribution in [3.8, 4) is 0 Å². The smallest absolute Gasteiger partial charge is 0.153 e. The van der Waals surface area contributed by atoms with Gasteiger partial charge < -0.3 is 5.11 Å². The van der Waals surface area contributed by atoms with Crippen molar-refractivity contribution in [2.75, 3.05) is 0 Å². The number of hydrogen-bond acceptors (Lipinski definition) is 3. The molecule has 1 aromatic rings. The predicted octanol–water partition coefficient (Wildman–Crippen LogP) is 1.59. The lowest BCUT2D eigenvalue weighted by Crippen LogP contribution is -1.97. The van der Waals surface area contributed by atoms with Crippen LogP contribution in [0.25, 0.3) is 0 Å². The number of aliphatic hydroxyl groups excluding tert-OH is 1. The Morgan fingerprint density at radius 3 is 2.93 bits per heavy atom. The summed E-state index contributed by atoms with van der Waals surface area (Å²) < 4.78 is 0. The first kappa shape index (κ1) is 9.65. The molecule has 2 atom stereocenters. The Balaban J connectivity index is 2.02. The van der Waals surface area contributed by atoms with Crippen molar-refractivity contribution in [2.45, 2.75) is 45.1 Å². The minimum absolute atomic E-state index is 0.0447. The molecule has 14 heavy (non-hydrogen) atoms. The van der Waals surface area contributed by atoms with Crippen LogP contribution in [-0.2, 0) is 6.61 Å². The fourth-order valence-electron chi connectivity index (χ4n) is 2.24. The first-order valence-electron chi connectivity index (χ1n) is 5.35. The minimum Gasteiger partial charge on any atom is -0.388 e. The van der Waals surface area contributed by atoms with E-state index in [0.29, 0.717) is 11.7 Å². The molecule has 0 bridgehead atoms. The van der Waals surface area contributed by atoms with E-state index >= 15 is 0 Å². The first-order chi connectivity index (χ1) is 6.83. The highest BCUT2D eigenvalue weighted by Gasteiger charge is 2.27. The molecule has 0 spiro atoms. The normalized spacial score (nSPS) is 27.0. The summed E-state index contributed by atoms with van der Waals surface area (Å²) in [6, 6.07) is 0. The van der Waals surface area contributed by atoms with Crippen LogP contribution in [0.15, 0.2) is 0 Å². The number of H-pyrrole nitrogens is 1. The van der Waals surface area contributed by atoms with Gasteiger partial charge in [0.25, 0.3) is 0 Å². The molecule has 0 aliphatic heterocycles. The second-order valence-electron chi connectivity index (χ2n) is 4.08. The van der Waals surface area contributed by atoms with Gasteiger partial charge in [0.15, 0.2) is 5.82 Å². The van der Waals surface area contributed by atoms with Crippen molar-refractivity contribution in [2.24, 2.45) is 5.92 Å². The Labute approximate surface area is 83.8 Å². The average Bonchev–Trinajstić information content (AvgIpc) is 2.86. The fraction of sp³-hybridized carbons (Fsp3) is 0.800. The van der Waals surface area contributed by atoms with Gasteiger partial charge in [-0.15, -0.1) is 0 Å². The maximum absolute atomic E-state index is 8.86. The maximum atomic E-state index is 8.86. The first-order valence-corrected chi connectivity index (χ1v) is 5.35. The molecule has 1 fully saturated rings. The molecule has 1 saturated carbocycles. The van der Waals surface area contributed by atoms with Crippen molar-refractivity contribution in [1.29, 1.82) is 0 Å². The Hall–Kier alpha value is -0.900. The van der Waals surface area contributed by atoms with E-state index in [0.717, 1.165) is 11.7 Å². The highest BCUT2D eigenvalue weighted by molar-refractivity contribution is 5.00. The number of nitrogens with zero attached hydrogens (tertiary/aromatic N) is 2. The second kappa shape index (κ2) is 4.09. The molecule has 1 heterocycles. The van der Waals surface area contributed by atoms with Crippen LogP contribution >= 0.6 is 0 Å². The zero-order chi connectivity index (χ0) is 9.97. The van der Waals surface area contributed by atoms with Crippen molar-refractivity contribution in [3.63, 3.8) is 0 Å². The third-order valence-electron chi connectivity index (χ3n) is 3.18. The quantitative estimate of drug-likeness (QED) is 0.770. The summed E-state index contributed by atoms with van der Waals surface area (Å²) in [5.41, 5.74) is 0. The zero-order valence-corrected chi connectivity index (χ0v) is 8.53. The summed E-state index contributed by atoms with van der Waals surface area (Å²) >= 11 is 0. The Bertz CT molecular complexity index is 297. The molecular formula is C10H17N3O. The van der Waals surface area contributed by atoms with Crippen molar-refractivity contribution in [3.05, 3.63) is 11.6 Å². The molecule has 78 valence electrons. The average molecular weight is 195 g/mol. The molecule has 1 aliphatic carbocycles. The molecule has 1 aliphatic rings. The minimum atomic E-state index is -0.0447. The van der Waals surface area contributed by atoms with Crippen LogP contribution in [-0.4, -0.2) is 20.3 Å². The lowest BCUT2D eigenvalue weighted by atomic mass is 10.0. The Morgan fingerprint density at radius 1 is 1.50 bits per heavy atom. The van der Waals surface area contributed by atoms with E-state index in [1.165, 1.54) is 25.7 Å². The molecule has 0 radical (unpaired) electrons. The van der Waals surface area contributed by atoms with Crippen LogP contribution in [0, 0.1) is 5.92 Å². The molecule has 2 N–H and O–H groups in total. The van der Waals surface area contributed by atoms with E-state index in [-0.39, 0.29) is 6.61 Å². The summed E-state index contributed by atoms with van der Waals surface area (Å²) in [6.07, 6.45) is 4.96. The summed E-state index contributed by atoms with van der Waals surface area (Å²) in [7, 11) is 0. The molecule has 4 heteroatoms. The lowest BCUT2D eigenvalue weighted by molar-refractivity contribution is 0.271. The van der Waals surface area contributed by atoms with Crippen LogP contribution in [0.1, 0.15) is 50.2 Å². The summed E-state index contributed by atoms with van der Waals surface area (Å²) in [6.45, 7) is 2.20. The monoisotopic (exact) mass is 195 g/mol. The van der Waals surface area contributed by atoms with E-state index in [1.54, 1.807) is 0 Å². The molecule has 2 unspecified atom stereocenters. The van der Waals surface area contributed by atoms with Gasteiger partial charge in [-0.2, -0.15) is 5.10 Å². The lowest BCUT2D eigenvalue weighted by Gasteiger charge is -2.04. The van der Waals surface area contributed by atoms with Gasteiger partial charge >= 0.3 is 0 Å². The van der Waals surface area contributed by atoms with Gasteiger partial charge in [0.05, 0.1) is 0 Å². The number of nitrogens with one attached hydrogen (secondary N) is 1. The third-order valence-corrected chi connectivity index (χ3v) is 3.18. The number of aliphatic hydroxyl groups is 1. The highest BCUT2D eigenvalue weighted by atomic mass is 16.3. The van der Waals surface area contributed by atoms with Gasteiger partial charge in [-0.25, -0.2) is 4.98 Å². The highest BCUT2D eigenvalue weighted by Crippen LogP contribution is 2.38. The van der Waals surface area contributed by atoms with Crippen LogP contribution in [0.4, 0.5) is 0 Å². The number of aromatic amines is 1. The predicted molar refractivity (Wildman–Crippen MR) is 52.7 cm³/mol. The fourth-order valence-corrected chi connectivity index (χ4v) is 2.24. The number of rotatable bonds is 3. The molecule has 0 amide bonds. The van der Waals surface area contributed by atoms with Crippen molar-refractivity contribution in [1.82, 2.24) is 15.2 Å². The van der Waals surface area contributed by atoms with Crippen LogP contribution in [0.5, 0.6) is 0 Å². The van der Waals surface area contributed by atoms with Gasteiger partial charge in [-0.1, -0.05) is 13.3 Å². The van der Waals surface area contributed by atoms with E-state index in [9.17, 15) is 0 Å². The Morgan fingerprint density at radius 2 is 2.36 bits per heavy atom. The summed E-state index contributed by atoms with van der Waals surface area (Å²) in [5, 5.41) is 15.8. The van der Waals surface area contributed by atoms with E-state index in [4.69, 9.17) is 5.11 Å². The standard InChI is InChI=1S/C10H17N3O/c1-2-7-3-4-8(5-7)10-11-9(6-14)12-13-10/h7-8,14H,2-6H2,1H3,(H,11,12,13). The maximum Gasteiger partial charge on any atom is 0.153 e. The summed E-state index contributed by atoms with van der Waals surface area (Å²) in [4.78, 5) is 4.26. The van der Waals surface area contributed by atoms with Gasteiger partial charge in [0, 0.05) is 5.92 Å². The van der Waals surface area contributed by atoms with E-state index < -0.39 is 0 Å². The van der Waals surface area contributed by atoms with E-state index in [1.807, 2.05) is 0 Å². The second-order valence-corrected chi connectivity index (χ2v) is 4.08. The molecule has 0 saturated heterocycles. The topological polar surface area (TPSA) is 61.8 Å². The van der Waals surface area contributed by atoms with E-state index in [2.05, 4.69) is 22.1 Å². The number of aromatic nitrogens is 3. The molecule has 1 aromatic heterocycles. The van der Waals surface area contributed by atoms with Crippen LogP contribution in [0.3, 0.4) is 0 Å². The zero-order valence-electron chi connectivity index (χ0n) is 8.53. The van der Waals surface area contributed by atoms with Gasteiger partial charge in [0.1, 0.15) is 12.4 Å². The van der Waals surface area contributed by atoms with Gasteiger partial charge in [0.2, 0.25) is 0 Å². The molecule has 0 aromatic carbocycles. The summed E-state index contributed by atoms with van der Waals surface area (Å²) in [5.74, 6) is 2.83. The molecular weight excluding hydrogens is 178 g/mol. The van der Waals surface area contributed by atoms with Crippen molar-refractivity contribution < 1.29 is 5.11 Å². The van der Waals surface area contributed by atoms with Gasteiger partial charge in [-0.05, 0) is 25.2 Å².